The Labute approximate surface area is 124 Å². The largest absolute Gasteiger partial charge is 0.478 e. The summed E-state index contributed by atoms with van der Waals surface area (Å²) in [5.41, 5.74) is 2.31. The lowest BCUT2D eigenvalue weighted by atomic mass is 10.0. The van der Waals surface area contributed by atoms with Gasteiger partial charge < -0.3 is 9.15 Å². The quantitative estimate of drug-likeness (QED) is 0.812. The summed E-state index contributed by atoms with van der Waals surface area (Å²) in [5.74, 6) is 1.50. The molecular formula is C17H21NO3. The van der Waals surface area contributed by atoms with Crippen LogP contribution in [0.3, 0.4) is 0 Å². The Morgan fingerprint density at radius 1 is 1.33 bits per heavy atom. The fraction of sp³-hybridized carbons (Fsp3) is 0.471. The molecule has 112 valence electrons. The van der Waals surface area contributed by atoms with E-state index in [1.165, 1.54) is 6.07 Å². The van der Waals surface area contributed by atoms with Crippen molar-refractivity contribution < 1.29 is 9.15 Å². The molecule has 0 fully saturated rings. The van der Waals surface area contributed by atoms with E-state index >= 15 is 0 Å². The van der Waals surface area contributed by atoms with E-state index in [9.17, 15) is 4.79 Å². The number of aryl methyl sites for hydroxylation is 1. The highest BCUT2D eigenvalue weighted by molar-refractivity contribution is 5.85. The minimum Gasteiger partial charge on any atom is -0.478 e. The van der Waals surface area contributed by atoms with E-state index in [4.69, 9.17) is 9.15 Å². The second kappa shape index (κ2) is 5.53. The maximum absolute atomic E-state index is 11.7. The average Bonchev–Trinajstić information content (AvgIpc) is 2.44. The molecule has 0 N–H and O–H groups in total. The van der Waals surface area contributed by atoms with E-state index < -0.39 is 0 Å². The molecule has 1 aliphatic heterocycles. The van der Waals surface area contributed by atoms with Crippen molar-refractivity contribution in [2.45, 2.75) is 33.7 Å². The van der Waals surface area contributed by atoms with Gasteiger partial charge in [-0.25, -0.2) is 4.79 Å². The first-order chi connectivity index (χ1) is 10.0. The predicted octanol–water partition coefficient (Wildman–Crippen LogP) is 3.30. The van der Waals surface area contributed by atoms with Gasteiger partial charge in [0, 0.05) is 24.5 Å². The Kier molecular flexibility index (Phi) is 3.72. The Morgan fingerprint density at radius 2 is 2.14 bits per heavy atom. The van der Waals surface area contributed by atoms with Gasteiger partial charge in [0.1, 0.15) is 18.1 Å². The van der Waals surface area contributed by atoms with E-state index in [0.29, 0.717) is 18.2 Å². The van der Waals surface area contributed by atoms with Crippen LogP contribution < -0.4 is 10.4 Å². The molecule has 4 nitrogen and oxygen atoms in total. The highest BCUT2D eigenvalue weighted by Gasteiger charge is 2.21. The van der Waals surface area contributed by atoms with Crippen molar-refractivity contribution in [2.24, 2.45) is 5.92 Å². The molecule has 1 aromatic carbocycles. The van der Waals surface area contributed by atoms with Crippen LogP contribution in [0, 0.1) is 12.8 Å². The molecule has 21 heavy (non-hydrogen) atoms. The zero-order chi connectivity index (χ0) is 15.0. The maximum atomic E-state index is 11.7. The van der Waals surface area contributed by atoms with E-state index in [0.717, 1.165) is 41.8 Å². The van der Waals surface area contributed by atoms with Gasteiger partial charge in [0.2, 0.25) is 0 Å². The molecule has 4 heteroatoms. The standard InChI is InChI=1S/C17H21NO3/c1-11(2)6-7-18-9-14-15(20-10-18)5-4-13-12(3)8-16(19)21-17(13)14/h4-5,8,11H,6-7,9-10H2,1-3H3. The molecule has 1 aromatic heterocycles. The molecular weight excluding hydrogens is 266 g/mol. The lowest BCUT2D eigenvalue weighted by Gasteiger charge is -2.29. The zero-order valence-electron chi connectivity index (χ0n) is 12.8. The SMILES string of the molecule is Cc1cc(=O)oc2c3c(ccc12)OCN(CCC(C)C)C3. The molecule has 0 aliphatic carbocycles. The number of nitrogens with zero attached hydrogens (tertiary/aromatic N) is 1. The molecule has 1 aliphatic rings. The van der Waals surface area contributed by atoms with Crippen LogP contribution in [0.1, 0.15) is 31.4 Å². The zero-order valence-corrected chi connectivity index (χ0v) is 12.8. The molecule has 0 amide bonds. The van der Waals surface area contributed by atoms with Gasteiger partial charge in [-0.3, -0.25) is 4.90 Å². The van der Waals surface area contributed by atoms with Crippen molar-refractivity contribution in [3.05, 3.63) is 39.7 Å². The van der Waals surface area contributed by atoms with Gasteiger partial charge in [0.05, 0.1) is 5.56 Å². The Balaban J connectivity index is 1.99. The highest BCUT2D eigenvalue weighted by Crippen LogP contribution is 2.32. The van der Waals surface area contributed by atoms with Crippen molar-refractivity contribution in [1.82, 2.24) is 4.90 Å². The molecule has 0 atom stereocenters. The molecule has 0 spiro atoms. The average molecular weight is 287 g/mol. The molecule has 2 heterocycles. The van der Waals surface area contributed by atoms with Crippen molar-refractivity contribution >= 4 is 11.0 Å². The first-order valence-corrected chi connectivity index (χ1v) is 7.46. The smallest absolute Gasteiger partial charge is 0.336 e. The molecule has 0 radical (unpaired) electrons. The monoisotopic (exact) mass is 287 g/mol. The number of hydrogen-bond donors (Lipinski definition) is 0. The number of benzene rings is 1. The van der Waals surface area contributed by atoms with Crippen LogP contribution in [0.5, 0.6) is 5.75 Å². The third kappa shape index (κ3) is 2.81. The summed E-state index contributed by atoms with van der Waals surface area (Å²) in [5, 5.41) is 0.989. The van der Waals surface area contributed by atoms with Gasteiger partial charge in [-0.15, -0.1) is 0 Å². The normalized spacial score (nSPS) is 15.2. The summed E-state index contributed by atoms with van der Waals surface area (Å²) in [6.45, 7) is 8.73. The summed E-state index contributed by atoms with van der Waals surface area (Å²) in [4.78, 5) is 13.9. The molecule has 0 bridgehead atoms. The molecule has 0 saturated heterocycles. The Bertz CT molecular complexity index is 718. The van der Waals surface area contributed by atoms with Crippen LogP contribution in [0.2, 0.25) is 0 Å². The second-order valence-electron chi connectivity index (χ2n) is 6.18. The van der Waals surface area contributed by atoms with Crippen LogP contribution in [0.15, 0.2) is 27.4 Å². The second-order valence-corrected chi connectivity index (χ2v) is 6.18. The lowest BCUT2D eigenvalue weighted by molar-refractivity contribution is 0.0911. The van der Waals surface area contributed by atoms with E-state index in [2.05, 4.69) is 18.7 Å². The number of fused-ring (bicyclic) bond motifs is 3. The third-order valence-electron chi connectivity index (χ3n) is 3.99. The number of ether oxygens (including phenoxy) is 1. The van der Waals surface area contributed by atoms with E-state index in [-0.39, 0.29) is 5.63 Å². The van der Waals surface area contributed by atoms with Gasteiger partial charge in [0.15, 0.2) is 0 Å². The van der Waals surface area contributed by atoms with Crippen molar-refractivity contribution in [2.75, 3.05) is 13.3 Å². The summed E-state index contributed by atoms with van der Waals surface area (Å²) < 4.78 is 11.3. The van der Waals surface area contributed by atoms with Crippen molar-refractivity contribution in [1.29, 1.82) is 0 Å². The van der Waals surface area contributed by atoms with Crippen LogP contribution in [-0.2, 0) is 6.54 Å². The Hall–Kier alpha value is -1.81. The van der Waals surface area contributed by atoms with E-state index in [1.54, 1.807) is 0 Å². The maximum Gasteiger partial charge on any atom is 0.336 e. The predicted molar refractivity (Wildman–Crippen MR) is 82.6 cm³/mol. The van der Waals surface area contributed by atoms with E-state index in [1.807, 2.05) is 19.1 Å². The minimum absolute atomic E-state index is 0.298. The lowest BCUT2D eigenvalue weighted by Crippen LogP contribution is -2.33. The topological polar surface area (TPSA) is 42.7 Å². The van der Waals surface area contributed by atoms with Gasteiger partial charge in [0.25, 0.3) is 0 Å². The molecule has 2 aromatic rings. The minimum atomic E-state index is -0.298. The van der Waals surface area contributed by atoms with Crippen molar-refractivity contribution in [3.63, 3.8) is 0 Å². The summed E-state index contributed by atoms with van der Waals surface area (Å²) >= 11 is 0. The van der Waals surface area contributed by atoms with Gasteiger partial charge >= 0.3 is 5.63 Å². The van der Waals surface area contributed by atoms with Gasteiger partial charge in [-0.1, -0.05) is 13.8 Å². The first-order valence-electron chi connectivity index (χ1n) is 7.46. The van der Waals surface area contributed by atoms with Crippen LogP contribution in [0.4, 0.5) is 0 Å². The van der Waals surface area contributed by atoms with Crippen LogP contribution >= 0.6 is 0 Å². The highest BCUT2D eigenvalue weighted by atomic mass is 16.5. The summed E-state index contributed by atoms with van der Waals surface area (Å²) in [7, 11) is 0. The first kappa shape index (κ1) is 14.1. The summed E-state index contributed by atoms with van der Waals surface area (Å²) in [6.07, 6.45) is 1.13. The number of rotatable bonds is 3. The van der Waals surface area contributed by atoms with Crippen LogP contribution in [0.25, 0.3) is 11.0 Å². The van der Waals surface area contributed by atoms with Gasteiger partial charge in [-0.05, 0) is 37.0 Å². The van der Waals surface area contributed by atoms with Gasteiger partial charge in [-0.2, -0.15) is 0 Å². The fourth-order valence-electron chi connectivity index (χ4n) is 2.72. The number of hydrogen-bond acceptors (Lipinski definition) is 4. The molecule has 0 unspecified atom stereocenters. The fourth-order valence-corrected chi connectivity index (χ4v) is 2.72. The van der Waals surface area contributed by atoms with Crippen LogP contribution in [-0.4, -0.2) is 18.2 Å². The molecule has 0 saturated carbocycles. The summed E-state index contributed by atoms with van der Waals surface area (Å²) in [6, 6.07) is 5.48. The third-order valence-corrected chi connectivity index (χ3v) is 3.99. The Morgan fingerprint density at radius 3 is 2.90 bits per heavy atom. The van der Waals surface area contributed by atoms with Crippen molar-refractivity contribution in [3.8, 4) is 5.75 Å². The molecule has 3 rings (SSSR count).